The molecule has 0 aliphatic carbocycles. The Morgan fingerprint density at radius 1 is 1.31 bits per heavy atom. The van der Waals surface area contributed by atoms with Gasteiger partial charge in [0.2, 0.25) is 11.8 Å². The number of aromatic nitrogens is 1. The monoisotopic (exact) mass is 355 g/mol. The van der Waals surface area contributed by atoms with Gasteiger partial charge in [0.25, 0.3) is 0 Å². The molecule has 0 unspecified atom stereocenters. The van der Waals surface area contributed by atoms with E-state index in [-0.39, 0.29) is 18.2 Å². The van der Waals surface area contributed by atoms with Crippen molar-refractivity contribution in [3.8, 4) is 11.3 Å². The summed E-state index contributed by atoms with van der Waals surface area (Å²) in [6.45, 7) is 4.53. The average molecular weight is 355 g/mol. The molecule has 3 rings (SSSR count). The fraction of sp³-hybridized carbons (Fsp3) is 0.450. The topological polar surface area (TPSA) is 89.4 Å². The predicted molar refractivity (Wildman–Crippen MR) is 98.0 cm³/mol. The van der Waals surface area contributed by atoms with Gasteiger partial charge in [-0.1, -0.05) is 49.3 Å². The van der Waals surface area contributed by atoms with E-state index in [2.05, 4.69) is 5.16 Å². The van der Waals surface area contributed by atoms with Crippen LogP contribution >= 0.6 is 0 Å². The molecule has 6 nitrogen and oxygen atoms in total. The molecule has 0 radical (unpaired) electrons. The maximum Gasteiger partial charge on any atom is 0.243 e. The van der Waals surface area contributed by atoms with E-state index < -0.39 is 11.4 Å². The highest BCUT2D eigenvalue weighted by atomic mass is 16.5. The third-order valence-electron chi connectivity index (χ3n) is 4.93. The van der Waals surface area contributed by atoms with Crippen LogP contribution in [0.3, 0.4) is 0 Å². The summed E-state index contributed by atoms with van der Waals surface area (Å²) in [5.74, 6) is 0.277. The second-order valence-corrected chi connectivity index (χ2v) is 7.36. The minimum absolute atomic E-state index is 0.0286. The average Bonchev–Trinajstić information content (AvgIpc) is 3.23. The SMILES string of the molecule is CC(C)CC(=O)N1CCC[C@@]1(Cc1cc(-c2ccccc2)no1)C(N)=O. The van der Waals surface area contributed by atoms with Gasteiger partial charge >= 0.3 is 0 Å². The zero-order chi connectivity index (χ0) is 18.7. The number of hydrogen-bond donors (Lipinski definition) is 1. The predicted octanol–water partition coefficient (Wildman–Crippen LogP) is 2.78. The Hall–Kier alpha value is -2.63. The molecule has 1 aromatic heterocycles. The standard InChI is InChI=1S/C20H25N3O3/c1-14(2)11-18(24)23-10-6-9-20(23,19(21)25)13-16-12-17(22-26-16)15-7-4-3-5-8-15/h3-5,7-8,12,14H,6,9-11,13H2,1-2H3,(H2,21,25)/t20-/m1/s1. The van der Waals surface area contributed by atoms with Gasteiger partial charge in [-0.15, -0.1) is 0 Å². The van der Waals surface area contributed by atoms with Gasteiger partial charge in [0, 0.05) is 31.0 Å². The van der Waals surface area contributed by atoms with E-state index in [1.807, 2.05) is 50.2 Å². The van der Waals surface area contributed by atoms with E-state index in [4.69, 9.17) is 10.3 Å². The summed E-state index contributed by atoms with van der Waals surface area (Å²) in [5.41, 5.74) is 6.38. The smallest absolute Gasteiger partial charge is 0.243 e. The van der Waals surface area contributed by atoms with Crippen LogP contribution in [0.1, 0.15) is 38.9 Å². The van der Waals surface area contributed by atoms with Crippen LogP contribution in [0.25, 0.3) is 11.3 Å². The number of nitrogens with two attached hydrogens (primary N) is 1. The first-order valence-electron chi connectivity index (χ1n) is 9.04. The molecule has 1 aliphatic rings. The van der Waals surface area contributed by atoms with Gasteiger partial charge in [-0.05, 0) is 18.8 Å². The lowest BCUT2D eigenvalue weighted by Crippen LogP contribution is -2.57. The molecule has 2 aromatic rings. The van der Waals surface area contributed by atoms with E-state index >= 15 is 0 Å². The third kappa shape index (κ3) is 3.49. The van der Waals surface area contributed by atoms with E-state index in [1.54, 1.807) is 4.90 Å². The lowest BCUT2D eigenvalue weighted by atomic mass is 9.89. The summed E-state index contributed by atoms with van der Waals surface area (Å²) in [4.78, 5) is 26.7. The summed E-state index contributed by atoms with van der Waals surface area (Å²) in [6, 6.07) is 11.5. The largest absolute Gasteiger partial charge is 0.368 e. The van der Waals surface area contributed by atoms with Crippen LogP contribution in [0.5, 0.6) is 0 Å². The molecule has 0 bridgehead atoms. The second kappa shape index (κ2) is 7.32. The van der Waals surface area contributed by atoms with Crippen molar-refractivity contribution < 1.29 is 14.1 Å². The van der Waals surface area contributed by atoms with Crippen LogP contribution in [0.15, 0.2) is 40.9 Å². The van der Waals surface area contributed by atoms with Crippen LogP contribution in [0.4, 0.5) is 0 Å². The minimum Gasteiger partial charge on any atom is -0.368 e. The van der Waals surface area contributed by atoms with Crippen LogP contribution in [-0.4, -0.2) is 34.0 Å². The number of nitrogens with zero attached hydrogens (tertiary/aromatic N) is 2. The van der Waals surface area contributed by atoms with Crippen molar-refractivity contribution in [1.82, 2.24) is 10.1 Å². The zero-order valence-electron chi connectivity index (χ0n) is 15.3. The van der Waals surface area contributed by atoms with Crippen molar-refractivity contribution in [2.75, 3.05) is 6.54 Å². The van der Waals surface area contributed by atoms with E-state index in [9.17, 15) is 9.59 Å². The molecule has 2 heterocycles. The summed E-state index contributed by atoms with van der Waals surface area (Å²) in [6.07, 6.45) is 1.96. The Morgan fingerprint density at radius 3 is 2.69 bits per heavy atom. The molecule has 26 heavy (non-hydrogen) atoms. The lowest BCUT2D eigenvalue weighted by molar-refractivity contribution is -0.144. The Balaban J connectivity index is 1.86. The van der Waals surface area contributed by atoms with Crippen molar-refractivity contribution in [2.24, 2.45) is 11.7 Å². The number of carbonyl (C=O) groups excluding carboxylic acids is 2. The number of rotatable bonds is 6. The molecule has 2 amide bonds. The van der Waals surface area contributed by atoms with E-state index in [0.29, 0.717) is 30.8 Å². The zero-order valence-corrected chi connectivity index (χ0v) is 15.3. The second-order valence-electron chi connectivity index (χ2n) is 7.36. The third-order valence-corrected chi connectivity index (χ3v) is 4.93. The number of likely N-dealkylation sites (tertiary alicyclic amines) is 1. The van der Waals surface area contributed by atoms with Gasteiger partial charge in [-0.2, -0.15) is 0 Å². The maximum absolute atomic E-state index is 12.7. The molecule has 1 atom stereocenters. The summed E-state index contributed by atoms with van der Waals surface area (Å²) in [5, 5.41) is 4.11. The van der Waals surface area contributed by atoms with Gasteiger partial charge < -0.3 is 15.2 Å². The fourth-order valence-corrected chi connectivity index (χ4v) is 3.66. The molecule has 1 saturated heterocycles. The van der Waals surface area contributed by atoms with Gasteiger partial charge in [0.15, 0.2) is 0 Å². The van der Waals surface area contributed by atoms with E-state index in [1.165, 1.54) is 0 Å². The molecule has 138 valence electrons. The normalized spacial score (nSPS) is 19.9. The van der Waals surface area contributed by atoms with Crippen molar-refractivity contribution in [2.45, 2.75) is 45.1 Å². The molecule has 0 spiro atoms. The molecule has 1 fully saturated rings. The van der Waals surface area contributed by atoms with Gasteiger partial charge in [0.1, 0.15) is 17.0 Å². The van der Waals surface area contributed by atoms with Crippen LogP contribution in [-0.2, 0) is 16.0 Å². The van der Waals surface area contributed by atoms with Crippen molar-refractivity contribution in [1.29, 1.82) is 0 Å². The van der Waals surface area contributed by atoms with Gasteiger partial charge in [-0.3, -0.25) is 9.59 Å². The minimum atomic E-state index is -1.03. The Morgan fingerprint density at radius 2 is 2.04 bits per heavy atom. The molecule has 6 heteroatoms. The molecular weight excluding hydrogens is 330 g/mol. The Labute approximate surface area is 153 Å². The molecule has 2 N–H and O–H groups in total. The van der Waals surface area contributed by atoms with Gasteiger partial charge in [-0.25, -0.2) is 0 Å². The highest BCUT2D eigenvalue weighted by Crippen LogP contribution is 2.34. The molecule has 1 aliphatic heterocycles. The molecule has 1 aromatic carbocycles. The first kappa shape index (κ1) is 18.2. The molecule has 0 saturated carbocycles. The first-order valence-corrected chi connectivity index (χ1v) is 9.04. The summed E-state index contributed by atoms with van der Waals surface area (Å²) >= 11 is 0. The molecular formula is C20H25N3O3. The van der Waals surface area contributed by atoms with Gasteiger partial charge in [0.05, 0.1) is 0 Å². The van der Waals surface area contributed by atoms with E-state index in [0.717, 1.165) is 12.0 Å². The number of carbonyl (C=O) groups is 2. The summed E-state index contributed by atoms with van der Waals surface area (Å²) < 4.78 is 5.47. The maximum atomic E-state index is 12.7. The first-order chi connectivity index (χ1) is 12.4. The number of amides is 2. The van der Waals surface area contributed by atoms with Crippen LogP contribution < -0.4 is 5.73 Å². The van der Waals surface area contributed by atoms with Crippen LogP contribution in [0.2, 0.25) is 0 Å². The highest BCUT2D eigenvalue weighted by Gasteiger charge is 2.49. The number of primary amides is 1. The fourth-order valence-electron chi connectivity index (χ4n) is 3.66. The summed E-state index contributed by atoms with van der Waals surface area (Å²) in [7, 11) is 0. The lowest BCUT2D eigenvalue weighted by Gasteiger charge is -2.35. The van der Waals surface area contributed by atoms with Crippen molar-refractivity contribution in [3.63, 3.8) is 0 Å². The Bertz CT molecular complexity index is 785. The number of hydrogen-bond acceptors (Lipinski definition) is 4. The Kier molecular flexibility index (Phi) is 5.11. The van der Waals surface area contributed by atoms with Crippen molar-refractivity contribution in [3.05, 3.63) is 42.2 Å². The highest BCUT2D eigenvalue weighted by molar-refractivity contribution is 5.91. The number of benzene rings is 1. The van der Waals surface area contributed by atoms with Crippen molar-refractivity contribution >= 4 is 11.8 Å². The quantitative estimate of drug-likeness (QED) is 0.863. The van der Waals surface area contributed by atoms with Crippen LogP contribution in [0, 0.1) is 5.92 Å².